The second kappa shape index (κ2) is 7.11. The van der Waals surface area contributed by atoms with Crippen molar-refractivity contribution in [2.24, 2.45) is 17.8 Å². The molecule has 2 saturated carbocycles. The largest absolute Gasteiger partial charge is 0.303 e. The second-order valence-electron chi connectivity index (χ2n) is 7.80. The quantitative estimate of drug-likeness (QED) is 0.745. The van der Waals surface area contributed by atoms with E-state index in [1.807, 2.05) is 6.92 Å². The SMILES string of the molecule is CCCNC(C)(C#N)CC(C)N(C)CC1CC2CCC1C2. The molecule has 0 aromatic carbocycles. The molecule has 0 aliphatic heterocycles. The first kappa shape index (κ1) is 16.8. The maximum atomic E-state index is 9.48. The van der Waals surface area contributed by atoms with E-state index in [0.29, 0.717) is 6.04 Å². The zero-order valence-electron chi connectivity index (χ0n) is 14.4. The van der Waals surface area contributed by atoms with Crippen LogP contribution in [0.2, 0.25) is 0 Å². The van der Waals surface area contributed by atoms with E-state index in [2.05, 4.69) is 37.2 Å². The van der Waals surface area contributed by atoms with Crippen molar-refractivity contribution in [3.05, 3.63) is 0 Å². The monoisotopic (exact) mass is 291 g/mol. The van der Waals surface area contributed by atoms with Crippen LogP contribution in [-0.4, -0.2) is 36.6 Å². The van der Waals surface area contributed by atoms with Crippen molar-refractivity contribution >= 4 is 0 Å². The summed E-state index contributed by atoms with van der Waals surface area (Å²) in [6.45, 7) is 8.61. The van der Waals surface area contributed by atoms with Crippen LogP contribution in [0.4, 0.5) is 0 Å². The van der Waals surface area contributed by atoms with Gasteiger partial charge in [-0.3, -0.25) is 5.32 Å². The van der Waals surface area contributed by atoms with Crippen LogP contribution in [0.5, 0.6) is 0 Å². The fourth-order valence-corrected chi connectivity index (χ4v) is 4.45. The van der Waals surface area contributed by atoms with Crippen molar-refractivity contribution in [1.82, 2.24) is 10.2 Å². The molecule has 120 valence electrons. The molecule has 0 aromatic rings. The minimum absolute atomic E-state index is 0.391. The third-order valence-corrected chi connectivity index (χ3v) is 5.88. The van der Waals surface area contributed by atoms with E-state index in [0.717, 1.165) is 37.1 Å². The predicted octanol–water partition coefficient (Wildman–Crippen LogP) is 3.41. The molecular weight excluding hydrogens is 258 g/mol. The molecule has 0 amide bonds. The third kappa shape index (κ3) is 4.20. The van der Waals surface area contributed by atoms with Crippen LogP contribution in [0.25, 0.3) is 0 Å². The summed E-state index contributed by atoms with van der Waals surface area (Å²) < 4.78 is 0. The number of nitriles is 1. The normalized spacial score (nSPS) is 32.1. The van der Waals surface area contributed by atoms with Gasteiger partial charge in [0, 0.05) is 12.6 Å². The molecule has 2 aliphatic carbocycles. The third-order valence-electron chi connectivity index (χ3n) is 5.88. The lowest BCUT2D eigenvalue weighted by molar-refractivity contribution is 0.159. The fraction of sp³-hybridized carbons (Fsp3) is 0.944. The van der Waals surface area contributed by atoms with Gasteiger partial charge in [0.1, 0.15) is 5.54 Å². The average molecular weight is 291 g/mol. The first-order chi connectivity index (χ1) is 9.97. The van der Waals surface area contributed by atoms with E-state index in [9.17, 15) is 5.26 Å². The molecular formula is C18H33N3. The highest BCUT2D eigenvalue weighted by Crippen LogP contribution is 2.48. The van der Waals surface area contributed by atoms with E-state index < -0.39 is 5.54 Å². The predicted molar refractivity (Wildman–Crippen MR) is 88.0 cm³/mol. The molecule has 2 rings (SSSR count). The van der Waals surface area contributed by atoms with Crippen molar-refractivity contribution in [2.75, 3.05) is 20.1 Å². The van der Waals surface area contributed by atoms with E-state index >= 15 is 0 Å². The van der Waals surface area contributed by atoms with E-state index in [1.54, 1.807) is 0 Å². The van der Waals surface area contributed by atoms with Gasteiger partial charge in [0.15, 0.2) is 0 Å². The smallest absolute Gasteiger partial charge is 0.105 e. The highest BCUT2D eigenvalue weighted by atomic mass is 15.1. The Kier molecular flexibility index (Phi) is 5.68. The number of fused-ring (bicyclic) bond motifs is 2. The second-order valence-corrected chi connectivity index (χ2v) is 7.80. The number of hydrogen-bond donors (Lipinski definition) is 1. The summed E-state index contributed by atoms with van der Waals surface area (Å²) in [4.78, 5) is 2.49. The van der Waals surface area contributed by atoms with Crippen LogP contribution in [0.15, 0.2) is 0 Å². The van der Waals surface area contributed by atoms with Gasteiger partial charge in [0.2, 0.25) is 0 Å². The summed E-state index contributed by atoms with van der Waals surface area (Å²) in [7, 11) is 2.24. The lowest BCUT2D eigenvalue weighted by atomic mass is 9.87. The molecule has 0 heterocycles. The van der Waals surface area contributed by atoms with Crippen LogP contribution in [-0.2, 0) is 0 Å². The highest BCUT2D eigenvalue weighted by Gasteiger charge is 2.40. The van der Waals surface area contributed by atoms with Crippen LogP contribution >= 0.6 is 0 Å². The van der Waals surface area contributed by atoms with Crippen molar-refractivity contribution in [1.29, 1.82) is 5.26 Å². The standard InChI is InChI=1S/C18H33N3/c1-5-8-20-18(3,13-19)11-14(2)21(4)12-17-10-15-6-7-16(17)9-15/h14-17,20H,5-12H2,1-4H3. The summed E-state index contributed by atoms with van der Waals surface area (Å²) in [6.07, 6.45) is 7.86. The number of rotatable bonds is 8. The van der Waals surface area contributed by atoms with E-state index in [1.165, 1.54) is 32.2 Å². The molecule has 3 heteroatoms. The summed E-state index contributed by atoms with van der Waals surface area (Å²) in [5.41, 5.74) is -0.391. The molecule has 0 saturated heterocycles. The average Bonchev–Trinajstić information content (AvgIpc) is 3.07. The lowest BCUT2D eigenvalue weighted by Gasteiger charge is -2.35. The van der Waals surface area contributed by atoms with Crippen LogP contribution < -0.4 is 5.32 Å². The maximum absolute atomic E-state index is 9.48. The highest BCUT2D eigenvalue weighted by molar-refractivity contribution is 5.05. The Morgan fingerprint density at radius 2 is 2.14 bits per heavy atom. The Labute approximate surface area is 131 Å². The van der Waals surface area contributed by atoms with Gasteiger partial charge in [-0.2, -0.15) is 5.26 Å². The summed E-state index contributed by atoms with van der Waals surface area (Å²) in [5.74, 6) is 2.93. The summed E-state index contributed by atoms with van der Waals surface area (Å²) >= 11 is 0. The Balaban J connectivity index is 1.81. The van der Waals surface area contributed by atoms with Gasteiger partial charge < -0.3 is 4.90 Å². The topological polar surface area (TPSA) is 39.1 Å². The zero-order valence-corrected chi connectivity index (χ0v) is 14.4. The van der Waals surface area contributed by atoms with Crippen molar-refractivity contribution in [3.63, 3.8) is 0 Å². The van der Waals surface area contributed by atoms with Crippen LogP contribution in [0.3, 0.4) is 0 Å². The van der Waals surface area contributed by atoms with E-state index in [-0.39, 0.29) is 0 Å². The Morgan fingerprint density at radius 3 is 2.67 bits per heavy atom. The minimum atomic E-state index is -0.391. The molecule has 2 fully saturated rings. The van der Waals surface area contributed by atoms with Gasteiger partial charge in [0.05, 0.1) is 6.07 Å². The molecule has 5 unspecified atom stereocenters. The molecule has 0 aromatic heterocycles. The van der Waals surface area contributed by atoms with Gasteiger partial charge in [-0.1, -0.05) is 13.3 Å². The Morgan fingerprint density at radius 1 is 1.38 bits per heavy atom. The first-order valence-corrected chi connectivity index (χ1v) is 8.84. The minimum Gasteiger partial charge on any atom is -0.303 e. The Bertz CT molecular complexity index is 375. The summed E-state index contributed by atoms with van der Waals surface area (Å²) in [5, 5.41) is 12.9. The lowest BCUT2D eigenvalue weighted by Crippen LogP contribution is -2.47. The molecule has 3 nitrogen and oxygen atoms in total. The number of nitrogens with one attached hydrogen (secondary N) is 1. The molecule has 21 heavy (non-hydrogen) atoms. The fourth-order valence-electron chi connectivity index (χ4n) is 4.45. The molecule has 1 N–H and O–H groups in total. The first-order valence-electron chi connectivity index (χ1n) is 8.84. The van der Waals surface area contributed by atoms with Gasteiger partial charge >= 0.3 is 0 Å². The summed E-state index contributed by atoms with van der Waals surface area (Å²) in [6, 6.07) is 2.94. The van der Waals surface area contributed by atoms with Crippen LogP contribution in [0, 0.1) is 29.1 Å². The van der Waals surface area contributed by atoms with Crippen LogP contribution in [0.1, 0.15) is 59.3 Å². The number of nitrogens with zero attached hydrogens (tertiary/aromatic N) is 2. The van der Waals surface area contributed by atoms with Crippen molar-refractivity contribution in [3.8, 4) is 6.07 Å². The van der Waals surface area contributed by atoms with Crippen molar-refractivity contribution < 1.29 is 0 Å². The molecule has 0 spiro atoms. The van der Waals surface area contributed by atoms with Gasteiger partial charge in [-0.25, -0.2) is 0 Å². The zero-order chi connectivity index (χ0) is 15.5. The maximum Gasteiger partial charge on any atom is 0.105 e. The molecule has 0 radical (unpaired) electrons. The van der Waals surface area contributed by atoms with Gasteiger partial charge in [0.25, 0.3) is 0 Å². The molecule has 2 bridgehead atoms. The number of hydrogen-bond acceptors (Lipinski definition) is 3. The van der Waals surface area contributed by atoms with Crippen molar-refractivity contribution in [2.45, 2.75) is 70.9 Å². The van der Waals surface area contributed by atoms with Gasteiger partial charge in [-0.15, -0.1) is 0 Å². The van der Waals surface area contributed by atoms with Gasteiger partial charge in [-0.05, 0) is 77.3 Å². The Hall–Kier alpha value is -0.590. The molecule has 5 atom stereocenters. The molecule has 2 aliphatic rings. The van der Waals surface area contributed by atoms with E-state index in [4.69, 9.17) is 0 Å².